The first kappa shape index (κ1) is 14.6. The quantitative estimate of drug-likeness (QED) is 0.798. The molecule has 0 aliphatic carbocycles. The summed E-state index contributed by atoms with van der Waals surface area (Å²) in [4.78, 5) is 0. The van der Waals surface area contributed by atoms with Crippen molar-refractivity contribution in [3.05, 3.63) is 17.0 Å². The van der Waals surface area contributed by atoms with Crippen molar-refractivity contribution in [1.82, 2.24) is 10.0 Å². The van der Waals surface area contributed by atoms with E-state index < -0.39 is 10.0 Å². The molecule has 0 aromatic carbocycles. The van der Waals surface area contributed by atoms with E-state index >= 15 is 0 Å². The van der Waals surface area contributed by atoms with E-state index in [1.54, 1.807) is 6.07 Å². The third-order valence-electron chi connectivity index (χ3n) is 2.16. The van der Waals surface area contributed by atoms with Crippen LogP contribution in [-0.4, -0.2) is 21.5 Å². The molecule has 0 saturated carbocycles. The number of sulfonamides is 1. The fraction of sp³-hybridized carbons (Fsp3) is 0.636. The molecule has 0 aliphatic heterocycles. The van der Waals surface area contributed by atoms with Gasteiger partial charge in [0, 0.05) is 13.1 Å². The lowest BCUT2D eigenvalue weighted by molar-refractivity contribution is 0.562. The summed E-state index contributed by atoms with van der Waals surface area (Å²) >= 11 is 1.27. The van der Waals surface area contributed by atoms with E-state index in [4.69, 9.17) is 0 Å². The number of hydrogen-bond donors (Lipinski definition) is 2. The van der Waals surface area contributed by atoms with E-state index in [1.807, 2.05) is 26.2 Å². The van der Waals surface area contributed by atoms with Crippen LogP contribution in [0, 0.1) is 5.92 Å². The highest BCUT2D eigenvalue weighted by Gasteiger charge is 2.16. The molecule has 98 valence electrons. The van der Waals surface area contributed by atoms with Crippen LogP contribution in [0.4, 0.5) is 0 Å². The van der Waals surface area contributed by atoms with Crippen molar-refractivity contribution in [3.63, 3.8) is 0 Å². The van der Waals surface area contributed by atoms with Gasteiger partial charge in [-0.2, -0.15) is 0 Å². The topological polar surface area (TPSA) is 58.2 Å². The fourth-order valence-electron chi connectivity index (χ4n) is 1.20. The second-order valence-electron chi connectivity index (χ2n) is 4.30. The molecule has 0 saturated heterocycles. The molecule has 1 rings (SSSR count). The van der Waals surface area contributed by atoms with E-state index in [9.17, 15) is 8.42 Å². The Kier molecular flexibility index (Phi) is 5.58. The van der Waals surface area contributed by atoms with Crippen molar-refractivity contribution in [2.75, 3.05) is 13.1 Å². The number of rotatable bonds is 7. The third kappa shape index (κ3) is 4.75. The standard InChI is InChI=1S/C11H20N2O2S2/c1-4-12-7-10-5-11(16-8-10)17(14,15)13-6-9(2)3/h5,8-9,12-13H,4,6-7H2,1-3H3. The molecule has 6 heteroatoms. The number of nitrogens with one attached hydrogen (secondary N) is 2. The first-order valence-corrected chi connectivity index (χ1v) is 8.09. The highest BCUT2D eigenvalue weighted by Crippen LogP contribution is 2.20. The molecule has 0 radical (unpaired) electrons. The van der Waals surface area contributed by atoms with Crippen molar-refractivity contribution >= 4 is 21.4 Å². The largest absolute Gasteiger partial charge is 0.313 e. The zero-order valence-corrected chi connectivity index (χ0v) is 12.1. The Morgan fingerprint density at radius 1 is 1.41 bits per heavy atom. The highest BCUT2D eigenvalue weighted by atomic mass is 32.2. The Labute approximate surface area is 107 Å². The van der Waals surface area contributed by atoms with Gasteiger partial charge < -0.3 is 5.32 Å². The molecular formula is C11H20N2O2S2. The SMILES string of the molecule is CCNCc1csc(S(=O)(=O)NCC(C)C)c1. The molecule has 0 amide bonds. The smallest absolute Gasteiger partial charge is 0.250 e. The van der Waals surface area contributed by atoms with Crippen LogP contribution in [0.2, 0.25) is 0 Å². The summed E-state index contributed by atoms with van der Waals surface area (Å²) in [5.74, 6) is 0.311. The molecule has 17 heavy (non-hydrogen) atoms. The minimum absolute atomic E-state index is 0.311. The van der Waals surface area contributed by atoms with Crippen molar-refractivity contribution in [3.8, 4) is 0 Å². The van der Waals surface area contributed by atoms with Gasteiger partial charge in [-0.05, 0) is 29.5 Å². The molecule has 2 N–H and O–H groups in total. The summed E-state index contributed by atoms with van der Waals surface area (Å²) in [5, 5.41) is 5.05. The number of hydrogen-bond acceptors (Lipinski definition) is 4. The van der Waals surface area contributed by atoms with Gasteiger partial charge in [0.1, 0.15) is 4.21 Å². The second kappa shape index (κ2) is 6.49. The van der Waals surface area contributed by atoms with E-state index in [2.05, 4.69) is 10.0 Å². The Morgan fingerprint density at radius 2 is 2.12 bits per heavy atom. The summed E-state index contributed by atoms with van der Waals surface area (Å²) in [6.45, 7) is 8.05. The molecule has 0 spiro atoms. The van der Waals surface area contributed by atoms with E-state index in [1.165, 1.54) is 11.3 Å². The van der Waals surface area contributed by atoms with Crippen molar-refractivity contribution < 1.29 is 8.42 Å². The van der Waals surface area contributed by atoms with Gasteiger partial charge in [-0.15, -0.1) is 11.3 Å². The Morgan fingerprint density at radius 3 is 2.71 bits per heavy atom. The first-order valence-electron chi connectivity index (χ1n) is 5.73. The van der Waals surface area contributed by atoms with Crippen LogP contribution >= 0.6 is 11.3 Å². The van der Waals surface area contributed by atoms with Crippen molar-refractivity contribution in [2.24, 2.45) is 5.92 Å². The van der Waals surface area contributed by atoms with Gasteiger partial charge in [-0.3, -0.25) is 0 Å². The molecule has 0 aliphatic rings. The monoisotopic (exact) mass is 276 g/mol. The molecule has 1 heterocycles. The molecule has 0 atom stereocenters. The van der Waals surface area contributed by atoms with Crippen molar-refractivity contribution in [1.29, 1.82) is 0 Å². The van der Waals surface area contributed by atoms with Crippen LogP contribution in [0.1, 0.15) is 26.3 Å². The van der Waals surface area contributed by atoms with Gasteiger partial charge in [0.05, 0.1) is 0 Å². The first-order chi connectivity index (χ1) is 7.95. The van der Waals surface area contributed by atoms with Crippen LogP contribution in [0.5, 0.6) is 0 Å². The summed E-state index contributed by atoms with van der Waals surface area (Å²) in [7, 11) is -3.32. The van der Waals surface area contributed by atoms with Crippen LogP contribution in [0.25, 0.3) is 0 Å². The molecule has 0 unspecified atom stereocenters. The van der Waals surface area contributed by atoms with Crippen LogP contribution in [-0.2, 0) is 16.6 Å². The fourth-order valence-corrected chi connectivity index (χ4v) is 3.67. The predicted octanol–water partition coefficient (Wildman–Crippen LogP) is 1.79. The maximum absolute atomic E-state index is 11.9. The Bertz CT molecular complexity index is 438. The van der Waals surface area contributed by atoms with Crippen LogP contribution in [0.15, 0.2) is 15.7 Å². The number of thiophene rings is 1. The second-order valence-corrected chi connectivity index (χ2v) is 7.21. The van der Waals surface area contributed by atoms with E-state index in [0.29, 0.717) is 23.2 Å². The van der Waals surface area contributed by atoms with Gasteiger partial charge >= 0.3 is 0 Å². The lowest BCUT2D eigenvalue weighted by atomic mass is 10.2. The Balaban J connectivity index is 2.68. The Hall–Kier alpha value is -0.430. The zero-order chi connectivity index (χ0) is 12.9. The molecule has 0 fully saturated rings. The van der Waals surface area contributed by atoms with Crippen LogP contribution in [0.3, 0.4) is 0 Å². The van der Waals surface area contributed by atoms with Crippen molar-refractivity contribution in [2.45, 2.75) is 31.5 Å². The summed E-state index contributed by atoms with van der Waals surface area (Å²) in [6, 6.07) is 1.73. The lowest BCUT2D eigenvalue weighted by Gasteiger charge is -2.06. The molecule has 4 nitrogen and oxygen atoms in total. The normalized spacial score (nSPS) is 12.2. The minimum Gasteiger partial charge on any atom is -0.313 e. The predicted molar refractivity (Wildman–Crippen MR) is 71.7 cm³/mol. The molecule has 0 bridgehead atoms. The summed E-state index contributed by atoms with van der Waals surface area (Å²) < 4.78 is 26.8. The van der Waals surface area contributed by atoms with Crippen LogP contribution < -0.4 is 10.0 Å². The van der Waals surface area contributed by atoms with E-state index in [-0.39, 0.29) is 0 Å². The van der Waals surface area contributed by atoms with Gasteiger partial charge in [0.25, 0.3) is 0 Å². The molecular weight excluding hydrogens is 256 g/mol. The summed E-state index contributed by atoms with van der Waals surface area (Å²) in [6.07, 6.45) is 0. The third-order valence-corrected chi connectivity index (χ3v) is 5.07. The van der Waals surface area contributed by atoms with E-state index in [0.717, 1.165) is 12.1 Å². The average Bonchev–Trinajstić information content (AvgIpc) is 2.73. The highest BCUT2D eigenvalue weighted by molar-refractivity contribution is 7.91. The molecule has 1 aromatic heterocycles. The lowest BCUT2D eigenvalue weighted by Crippen LogP contribution is -2.26. The minimum atomic E-state index is -3.32. The zero-order valence-electron chi connectivity index (χ0n) is 10.5. The van der Waals surface area contributed by atoms with Gasteiger partial charge in [0.15, 0.2) is 0 Å². The molecule has 1 aromatic rings. The maximum atomic E-state index is 11.9. The summed E-state index contributed by atoms with van der Waals surface area (Å²) in [5.41, 5.74) is 1.02. The van der Waals surface area contributed by atoms with Gasteiger partial charge in [-0.1, -0.05) is 20.8 Å². The van der Waals surface area contributed by atoms with Gasteiger partial charge in [0.2, 0.25) is 10.0 Å². The average molecular weight is 276 g/mol. The maximum Gasteiger partial charge on any atom is 0.250 e. The van der Waals surface area contributed by atoms with Gasteiger partial charge in [-0.25, -0.2) is 13.1 Å².